The fraction of sp³-hybridized carbons (Fsp3) is 0.786. The molecule has 0 bridgehead atoms. The van der Waals surface area contributed by atoms with Gasteiger partial charge < -0.3 is 9.84 Å². The molecule has 20 heavy (non-hydrogen) atoms. The summed E-state index contributed by atoms with van der Waals surface area (Å²) in [4.78, 5) is 21.5. The van der Waals surface area contributed by atoms with Crippen LogP contribution >= 0.6 is 0 Å². The molecule has 0 aromatic heterocycles. The van der Waals surface area contributed by atoms with Crippen molar-refractivity contribution in [3.8, 4) is 13.1 Å². The SMILES string of the molecule is C#[N+]C12CC(O)CC1([N+]#C)CN(C(=O)OC(C)(C)C)C2. The molecule has 1 heterocycles. The number of carbonyl (C=O) groups is 1. The summed E-state index contributed by atoms with van der Waals surface area (Å²) < 4.78 is 5.35. The van der Waals surface area contributed by atoms with Crippen LogP contribution in [-0.2, 0) is 4.74 Å². The molecule has 2 fully saturated rings. The Morgan fingerprint density at radius 2 is 1.70 bits per heavy atom. The predicted molar refractivity (Wildman–Crippen MR) is 75.1 cm³/mol. The minimum Gasteiger partial charge on any atom is -0.444 e. The standard InChI is InChI=1S/C14H21N3O3/c1-12(2,3)20-11(19)17-8-13(15-4)6-10(18)7-14(13,9-17)16-5/h4-5,10,18H,6-9H2,1-3H3/q+2. The van der Waals surface area contributed by atoms with Crippen molar-refractivity contribution < 1.29 is 14.6 Å². The smallest absolute Gasteiger partial charge is 0.410 e. The summed E-state index contributed by atoms with van der Waals surface area (Å²) in [5, 5.41) is 9.87. The third-order valence-corrected chi connectivity index (χ3v) is 4.06. The zero-order chi connectivity index (χ0) is 15.2. The van der Waals surface area contributed by atoms with E-state index in [1.165, 1.54) is 4.90 Å². The molecule has 1 saturated heterocycles. The predicted octanol–water partition coefficient (Wildman–Crippen LogP) is 1.79. The summed E-state index contributed by atoms with van der Waals surface area (Å²) in [5.41, 5.74) is -2.22. The number of hydrogen-bond acceptors (Lipinski definition) is 3. The second kappa shape index (κ2) is 4.36. The monoisotopic (exact) mass is 279 g/mol. The minimum atomic E-state index is -0.821. The van der Waals surface area contributed by atoms with Gasteiger partial charge in [0.05, 0.1) is 18.9 Å². The first-order chi connectivity index (χ1) is 9.17. The molecule has 2 aliphatic rings. The quantitative estimate of drug-likeness (QED) is 0.735. The average molecular weight is 279 g/mol. The number of carbonyl (C=O) groups excluding carboxylic acids is 1. The van der Waals surface area contributed by atoms with E-state index < -0.39 is 28.9 Å². The van der Waals surface area contributed by atoms with Crippen LogP contribution in [0.3, 0.4) is 0 Å². The van der Waals surface area contributed by atoms with Crippen LogP contribution in [0.4, 0.5) is 4.79 Å². The molecule has 2 rings (SSSR count). The van der Waals surface area contributed by atoms with E-state index in [-0.39, 0.29) is 13.1 Å². The maximum atomic E-state index is 12.2. The Hall–Kier alpha value is -1.79. The zero-order valence-electron chi connectivity index (χ0n) is 12.2. The Labute approximate surface area is 119 Å². The van der Waals surface area contributed by atoms with Crippen molar-refractivity contribution in [1.29, 1.82) is 0 Å². The molecule has 0 aromatic rings. The molecule has 2 atom stereocenters. The zero-order valence-corrected chi connectivity index (χ0v) is 12.2. The molecule has 1 aliphatic carbocycles. The van der Waals surface area contributed by atoms with Crippen LogP contribution in [0.5, 0.6) is 0 Å². The highest BCUT2D eigenvalue weighted by Gasteiger charge is 2.81. The Kier molecular flexibility index (Phi) is 3.19. The first-order valence-corrected chi connectivity index (χ1v) is 6.67. The average Bonchev–Trinajstić information content (AvgIpc) is 2.75. The van der Waals surface area contributed by atoms with E-state index in [1.54, 1.807) is 20.8 Å². The number of nitrogens with zero attached hydrogens (tertiary/aromatic N) is 3. The number of hydrogen-bond donors (Lipinski definition) is 1. The second-order valence-corrected chi connectivity index (χ2v) is 6.72. The van der Waals surface area contributed by atoms with Crippen LogP contribution < -0.4 is 0 Å². The lowest BCUT2D eigenvalue weighted by molar-refractivity contribution is 0.0268. The van der Waals surface area contributed by atoms with E-state index in [0.717, 1.165) is 0 Å². The molecular formula is C14H21N3O3+2. The Balaban J connectivity index is 2.24. The summed E-state index contributed by atoms with van der Waals surface area (Å²) in [6, 6.07) is 0. The molecule has 108 valence electrons. The fourth-order valence-electron chi connectivity index (χ4n) is 3.23. The van der Waals surface area contributed by atoms with Gasteiger partial charge >= 0.3 is 17.2 Å². The lowest BCUT2D eigenvalue weighted by atomic mass is 9.84. The van der Waals surface area contributed by atoms with E-state index in [2.05, 4.69) is 9.69 Å². The Bertz CT molecular complexity index is 481. The highest BCUT2D eigenvalue weighted by atomic mass is 16.6. The molecule has 1 saturated carbocycles. The van der Waals surface area contributed by atoms with Gasteiger partial charge in [-0.25, -0.2) is 4.79 Å². The molecule has 2 unspecified atom stereocenters. The number of aliphatic hydroxyl groups is 1. The molecule has 1 amide bonds. The van der Waals surface area contributed by atoms with Gasteiger partial charge in [0.15, 0.2) is 0 Å². The lowest BCUT2D eigenvalue weighted by Crippen LogP contribution is -2.43. The summed E-state index contributed by atoms with van der Waals surface area (Å²) >= 11 is 0. The van der Waals surface area contributed by atoms with Crippen molar-refractivity contribution in [2.24, 2.45) is 0 Å². The van der Waals surface area contributed by atoms with E-state index in [0.29, 0.717) is 12.8 Å². The van der Waals surface area contributed by atoms with Crippen LogP contribution in [0, 0.1) is 13.1 Å². The summed E-state index contributed by atoms with van der Waals surface area (Å²) in [7, 11) is 0. The first kappa shape index (κ1) is 14.6. The summed E-state index contributed by atoms with van der Waals surface area (Å²) in [5.74, 6) is 0. The molecule has 0 spiro atoms. The van der Waals surface area contributed by atoms with Gasteiger partial charge in [-0.1, -0.05) is 9.69 Å². The fourth-order valence-corrected chi connectivity index (χ4v) is 3.23. The molecule has 6 nitrogen and oxygen atoms in total. The number of rotatable bonds is 0. The van der Waals surface area contributed by atoms with Gasteiger partial charge in [-0.05, 0) is 20.8 Å². The van der Waals surface area contributed by atoms with Gasteiger partial charge in [-0.3, -0.25) is 4.90 Å². The number of ether oxygens (including phenoxy) is 1. The first-order valence-electron chi connectivity index (χ1n) is 6.67. The molecule has 0 aromatic carbocycles. The van der Waals surface area contributed by atoms with Gasteiger partial charge in [-0.2, -0.15) is 0 Å². The van der Waals surface area contributed by atoms with Gasteiger partial charge in [0.1, 0.15) is 18.7 Å². The molecule has 1 aliphatic heterocycles. The van der Waals surface area contributed by atoms with Gasteiger partial charge in [0.2, 0.25) is 0 Å². The van der Waals surface area contributed by atoms with Crippen molar-refractivity contribution in [3.05, 3.63) is 9.69 Å². The van der Waals surface area contributed by atoms with Crippen molar-refractivity contribution in [3.63, 3.8) is 0 Å². The van der Waals surface area contributed by atoms with Crippen LogP contribution in [0.25, 0.3) is 9.69 Å². The van der Waals surface area contributed by atoms with Crippen molar-refractivity contribution in [1.82, 2.24) is 4.90 Å². The molecule has 6 heteroatoms. The number of amides is 1. The van der Waals surface area contributed by atoms with Crippen molar-refractivity contribution >= 4 is 6.09 Å². The van der Waals surface area contributed by atoms with E-state index >= 15 is 0 Å². The largest absolute Gasteiger partial charge is 0.444 e. The molecule has 1 N–H and O–H groups in total. The summed E-state index contributed by atoms with van der Waals surface area (Å²) in [6.07, 6.45) is -0.296. The van der Waals surface area contributed by atoms with Crippen molar-refractivity contribution in [2.75, 3.05) is 13.1 Å². The van der Waals surface area contributed by atoms with Gasteiger partial charge in [-0.15, -0.1) is 0 Å². The van der Waals surface area contributed by atoms with Crippen LogP contribution in [0.15, 0.2) is 0 Å². The lowest BCUT2D eigenvalue weighted by Gasteiger charge is -2.23. The molecule has 0 radical (unpaired) electrons. The topological polar surface area (TPSA) is 58.5 Å². The maximum absolute atomic E-state index is 12.2. The van der Waals surface area contributed by atoms with Gasteiger partial charge in [0, 0.05) is 0 Å². The summed E-state index contributed by atoms with van der Waals surface area (Å²) in [6.45, 7) is 17.0. The van der Waals surface area contributed by atoms with Gasteiger partial charge in [0.25, 0.3) is 13.1 Å². The van der Waals surface area contributed by atoms with Crippen LogP contribution in [-0.4, -0.2) is 52.0 Å². The highest BCUT2D eigenvalue weighted by molar-refractivity contribution is 5.70. The highest BCUT2D eigenvalue weighted by Crippen LogP contribution is 2.50. The third kappa shape index (κ3) is 2.10. The van der Waals surface area contributed by atoms with Crippen molar-refractivity contribution in [2.45, 2.75) is 56.4 Å². The number of aliphatic hydroxyl groups excluding tert-OH is 1. The normalized spacial score (nSPS) is 36.1. The van der Waals surface area contributed by atoms with Crippen LogP contribution in [0.1, 0.15) is 33.6 Å². The Morgan fingerprint density at radius 3 is 2.05 bits per heavy atom. The van der Waals surface area contributed by atoms with E-state index in [4.69, 9.17) is 17.9 Å². The molecular weight excluding hydrogens is 258 g/mol. The number of likely N-dealkylation sites (tertiary alicyclic amines) is 1. The Morgan fingerprint density at radius 1 is 1.25 bits per heavy atom. The second-order valence-electron chi connectivity index (χ2n) is 6.72. The van der Waals surface area contributed by atoms with E-state index in [9.17, 15) is 9.90 Å². The number of fused-ring (bicyclic) bond motifs is 1. The third-order valence-electron chi connectivity index (χ3n) is 4.06. The minimum absolute atomic E-state index is 0.260. The maximum Gasteiger partial charge on any atom is 0.410 e. The van der Waals surface area contributed by atoms with E-state index in [1.807, 2.05) is 0 Å². The van der Waals surface area contributed by atoms with Crippen LogP contribution in [0.2, 0.25) is 0 Å².